The number of ether oxygens (including phenoxy) is 2. The normalized spacial score (nSPS) is 10.7. The molecule has 0 amide bonds. The molecule has 4 aromatic rings. The Morgan fingerprint density at radius 3 is 2.08 bits per heavy atom. The number of hydrogen-bond acceptors (Lipinski definition) is 7. The Labute approximate surface area is 220 Å². The van der Waals surface area contributed by atoms with Crippen LogP contribution in [0.15, 0.2) is 103 Å². The van der Waals surface area contributed by atoms with Gasteiger partial charge in [-0.05, 0) is 53.6 Å². The summed E-state index contributed by atoms with van der Waals surface area (Å²) in [6.45, 7) is 0.188. The second kappa shape index (κ2) is 12.2. The lowest BCUT2D eigenvalue weighted by atomic mass is 10.0. The minimum Gasteiger partial charge on any atom is -0.462 e. The van der Waals surface area contributed by atoms with E-state index in [0.717, 1.165) is 11.1 Å². The van der Waals surface area contributed by atoms with Gasteiger partial charge in [-0.1, -0.05) is 60.7 Å². The second-order valence-electron chi connectivity index (χ2n) is 8.44. The molecule has 0 aliphatic carbocycles. The zero-order chi connectivity index (χ0) is 26.9. The van der Waals surface area contributed by atoms with Crippen molar-refractivity contribution in [1.82, 2.24) is 0 Å². The third kappa shape index (κ3) is 6.95. The minimum absolute atomic E-state index is 0.121. The number of benzene rings is 4. The van der Waals surface area contributed by atoms with Crippen LogP contribution in [-0.2, 0) is 16.0 Å². The van der Waals surface area contributed by atoms with Crippen LogP contribution in [0.3, 0.4) is 0 Å². The molecule has 0 heterocycles. The fourth-order valence-corrected chi connectivity index (χ4v) is 3.64. The monoisotopic (exact) mass is 506 g/mol. The molecule has 0 aromatic heterocycles. The Morgan fingerprint density at radius 2 is 1.39 bits per heavy atom. The smallest absolute Gasteiger partial charge is 0.343 e. The quantitative estimate of drug-likeness (QED) is 0.106. The predicted octanol–water partition coefficient (Wildman–Crippen LogP) is 5.10. The summed E-state index contributed by atoms with van der Waals surface area (Å²) >= 11 is 0. The first-order valence-electron chi connectivity index (χ1n) is 11.9. The van der Waals surface area contributed by atoms with Crippen LogP contribution in [0.1, 0.15) is 37.4 Å². The number of nitrogens with two attached hydrogens (primary N) is 2. The summed E-state index contributed by atoms with van der Waals surface area (Å²) in [7, 11) is 0. The summed E-state index contributed by atoms with van der Waals surface area (Å²) in [6.07, 6.45) is 3.41. The molecular formula is C31H26N2O5. The van der Waals surface area contributed by atoms with Crippen LogP contribution in [0.4, 0.5) is 11.4 Å². The lowest BCUT2D eigenvalue weighted by Crippen LogP contribution is -2.09. The summed E-state index contributed by atoms with van der Waals surface area (Å²) in [5.41, 5.74) is 15.7. The van der Waals surface area contributed by atoms with Gasteiger partial charge in [0.1, 0.15) is 5.75 Å². The van der Waals surface area contributed by atoms with Crippen molar-refractivity contribution in [2.45, 2.75) is 6.42 Å². The van der Waals surface area contributed by atoms with Gasteiger partial charge in [0.25, 0.3) is 0 Å². The van der Waals surface area contributed by atoms with E-state index in [9.17, 15) is 14.4 Å². The van der Waals surface area contributed by atoms with Crippen molar-refractivity contribution in [2.75, 3.05) is 18.1 Å². The van der Waals surface area contributed by atoms with Gasteiger partial charge in [0.05, 0.1) is 12.2 Å². The molecule has 4 aromatic carbocycles. The van der Waals surface area contributed by atoms with Crippen molar-refractivity contribution >= 4 is 35.2 Å². The molecule has 190 valence electrons. The molecule has 0 saturated carbocycles. The lowest BCUT2D eigenvalue weighted by molar-refractivity contribution is -0.137. The maximum atomic E-state index is 12.5. The summed E-state index contributed by atoms with van der Waals surface area (Å²) in [6, 6.07) is 27.1. The Kier molecular flexibility index (Phi) is 8.31. The summed E-state index contributed by atoms with van der Waals surface area (Å²) in [4.78, 5) is 37.0. The average Bonchev–Trinajstić information content (AvgIpc) is 2.94. The molecule has 0 unspecified atom stereocenters. The predicted molar refractivity (Wildman–Crippen MR) is 147 cm³/mol. The van der Waals surface area contributed by atoms with Gasteiger partial charge in [0, 0.05) is 35.0 Å². The fraction of sp³-hybridized carbons (Fsp3) is 0.0645. The van der Waals surface area contributed by atoms with Gasteiger partial charge in [-0.15, -0.1) is 0 Å². The average molecular weight is 507 g/mol. The number of esters is 2. The van der Waals surface area contributed by atoms with E-state index in [-0.39, 0.29) is 12.4 Å². The number of nitrogen functional groups attached to an aromatic ring is 2. The van der Waals surface area contributed by atoms with Gasteiger partial charge in [0.2, 0.25) is 0 Å². The first-order valence-corrected chi connectivity index (χ1v) is 11.9. The topological polar surface area (TPSA) is 122 Å². The van der Waals surface area contributed by atoms with Gasteiger partial charge < -0.3 is 20.9 Å². The van der Waals surface area contributed by atoms with Gasteiger partial charge in [-0.25, -0.2) is 9.59 Å². The molecule has 7 nitrogen and oxygen atoms in total. The molecule has 0 spiro atoms. The standard InChI is InChI=1S/C31H26N2O5/c32-26-14-13-22(28(33)20-26)18-19-37-29(34)17-8-21-6-15-27(16-7-21)38-31(36)25-11-9-24(10-12-25)30(35)23-4-2-1-3-5-23/h1-17,20H,18-19,32-33H2. The fourth-order valence-electron chi connectivity index (χ4n) is 3.64. The van der Waals surface area contributed by atoms with E-state index in [1.54, 1.807) is 91.0 Å². The summed E-state index contributed by atoms with van der Waals surface area (Å²) in [5, 5.41) is 0. The van der Waals surface area contributed by atoms with Gasteiger partial charge in [-0.2, -0.15) is 0 Å². The van der Waals surface area contributed by atoms with E-state index in [2.05, 4.69) is 0 Å². The van der Waals surface area contributed by atoms with Crippen molar-refractivity contribution in [3.05, 3.63) is 131 Å². The van der Waals surface area contributed by atoms with Crippen molar-refractivity contribution in [3.63, 3.8) is 0 Å². The first kappa shape index (κ1) is 25.9. The van der Waals surface area contributed by atoms with E-state index in [4.69, 9.17) is 20.9 Å². The number of rotatable bonds is 9. The van der Waals surface area contributed by atoms with Crippen LogP contribution in [0, 0.1) is 0 Å². The molecule has 4 rings (SSSR count). The highest BCUT2D eigenvalue weighted by Crippen LogP contribution is 2.18. The molecule has 0 fully saturated rings. The second-order valence-corrected chi connectivity index (χ2v) is 8.44. The van der Waals surface area contributed by atoms with Gasteiger partial charge in [0.15, 0.2) is 5.78 Å². The Balaban J connectivity index is 1.26. The van der Waals surface area contributed by atoms with Crippen LogP contribution in [-0.4, -0.2) is 24.3 Å². The zero-order valence-corrected chi connectivity index (χ0v) is 20.5. The number of ketones is 1. The van der Waals surface area contributed by atoms with E-state index >= 15 is 0 Å². The molecule has 0 bridgehead atoms. The van der Waals surface area contributed by atoms with E-state index in [1.165, 1.54) is 6.08 Å². The molecule has 0 radical (unpaired) electrons. The SMILES string of the molecule is Nc1ccc(CCOC(=O)C=Cc2ccc(OC(=O)c3ccc(C(=O)c4ccccc4)cc3)cc2)c(N)c1. The molecule has 7 heteroatoms. The van der Waals surface area contributed by atoms with Crippen LogP contribution in [0.5, 0.6) is 5.75 Å². The number of carbonyl (C=O) groups excluding carboxylic acids is 3. The Bertz CT molecular complexity index is 1460. The van der Waals surface area contributed by atoms with E-state index in [1.807, 2.05) is 12.1 Å². The lowest BCUT2D eigenvalue weighted by Gasteiger charge is -2.07. The highest BCUT2D eigenvalue weighted by Gasteiger charge is 2.12. The van der Waals surface area contributed by atoms with Crippen molar-refractivity contribution in [2.24, 2.45) is 0 Å². The van der Waals surface area contributed by atoms with E-state index in [0.29, 0.717) is 40.2 Å². The molecule has 0 saturated heterocycles. The number of anilines is 2. The Morgan fingerprint density at radius 1 is 0.737 bits per heavy atom. The van der Waals surface area contributed by atoms with Crippen molar-refractivity contribution in [3.8, 4) is 5.75 Å². The maximum absolute atomic E-state index is 12.5. The van der Waals surface area contributed by atoms with Crippen LogP contribution >= 0.6 is 0 Å². The zero-order valence-electron chi connectivity index (χ0n) is 20.5. The van der Waals surface area contributed by atoms with Crippen LogP contribution in [0.25, 0.3) is 6.08 Å². The van der Waals surface area contributed by atoms with Gasteiger partial charge >= 0.3 is 11.9 Å². The highest BCUT2D eigenvalue weighted by molar-refractivity contribution is 6.09. The third-order valence-electron chi connectivity index (χ3n) is 5.71. The highest BCUT2D eigenvalue weighted by atomic mass is 16.5. The van der Waals surface area contributed by atoms with Crippen molar-refractivity contribution < 1.29 is 23.9 Å². The molecule has 0 aliphatic rings. The van der Waals surface area contributed by atoms with Crippen LogP contribution in [0.2, 0.25) is 0 Å². The third-order valence-corrected chi connectivity index (χ3v) is 5.71. The molecule has 38 heavy (non-hydrogen) atoms. The summed E-state index contributed by atoms with van der Waals surface area (Å²) < 4.78 is 10.6. The molecule has 0 atom stereocenters. The maximum Gasteiger partial charge on any atom is 0.343 e. The largest absolute Gasteiger partial charge is 0.462 e. The Hall–Kier alpha value is -5.17. The van der Waals surface area contributed by atoms with E-state index < -0.39 is 11.9 Å². The number of hydrogen-bond donors (Lipinski definition) is 2. The van der Waals surface area contributed by atoms with Crippen LogP contribution < -0.4 is 16.2 Å². The summed E-state index contributed by atoms with van der Waals surface area (Å²) in [5.74, 6) is -0.800. The van der Waals surface area contributed by atoms with Crippen molar-refractivity contribution in [1.29, 1.82) is 0 Å². The molecular weight excluding hydrogens is 480 g/mol. The van der Waals surface area contributed by atoms with Gasteiger partial charge in [-0.3, -0.25) is 4.79 Å². The minimum atomic E-state index is -0.544. The first-order chi connectivity index (χ1) is 18.4. The molecule has 4 N–H and O–H groups in total. The molecule has 0 aliphatic heterocycles. The number of carbonyl (C=O) groups is 3.